The number of carbonyl (C=O) groups excluding carboxylic acids is 2. The van der Waals surface area contributed by atoms with Gasteiger partial charge >= 0.3 is 5.97 Å². The third-order valence-corrected chi connectivity index (χ3v) is 4.89. The molecule has 2 rings (SSSR count). The van der Waals surface area contributed by atoms with Crippen LogP contribution in [0.15, 0.2) is 24.3 Å². The van der Waals surface area contributed by atoms with E-state index in [0.29, 0.717) is 25.6 Å². The molecule has 0 heterocycles. The van der Waals surface area contributed by atoms with E-state index in [2.05, 4.69) is 0 Å². The van der Waals surface area contributed by atoms with Gasteiger partial charge in [0.05, 0.1) is 13.7 Å². The number of amides is 1. The van der Waals surface area contributed by atoms with E-state index in [9.17, 15) is 9.59 Å². The van der Waals surface area contributed by atoms with Crippen LogP contribution in [-0.4, -0.2) is 49.7 Å². The fourth-order valence-electron chi connectivity index (χ4n) is 3.41. The van der Waals surface area contributed by atoms with Gasteiger partial charge in [0.2, 0.25) is 0 Å². The second-order valence-electron chi connectivity index (χ2n) is 6.76. The standard InChI is InChI=1S/C21H31NO5/c1-3-22(17-8-5-4-6-9-17)20(23)16-27-21(24)10-7-15-26-19-13-11-18(25-2)12-14-19/h11-14,17H,3-10,15-16H2,1-2H3. The van der Waals surface area contributed by atoms with Gasteiger partial charge in [-0.3, -0.25) is 9.59 Å². The van der Waals surface area contributed by atoms with Gasteiger partial charge in [0, 0.05) is 19.0 Å². The van der Waals surface area contributed by atoms with Crippen molar-refractivity contribution in [2.24, 2.45) is 0 Å². The molecule has 1 aromatic rings. The first kappa shape index (κ1) is 21.1. The van der Waals surface area contributed by atoms with E-state index in [1.54, 1.807) is 7.11 Å². The smallest absolute Gasteiger partial charge is 0.306 e. The molecule has 0 radical (unpaired) electrons. The number of carbonyl (C=O) groups is 2. The van der Waals surface area contributed by atoms with E-state index in [1.165, 1.54) is 19.3 Å². The van der Waals surface area contributed by atoms with Crippen molar-refractivity contribution in [2.45, 2.75) is 57.9 Å². The molecule has 150 valence electrons. The Morgan fingerprint density at radius 1 is 1.07 bits per heavy atom. The van der Waals surface area contributed by atoms with Gasteiger partial charge in [-0.1, -0.05) is 19.3 Å². The second kappa shape index (κ2) is 11.5. The molecule has 1 saturated carbocycles. The first-order chi connectivity index (χ1) is 13.1. The molecule has 0 saturated heterocycles. The number of rotatable bonds is 10. The molecule has 0 unspecified atom stereocenters. The first-order valence-electron chi connectivity index (χ1n) is 9.86. The lowest BCUT2D eigenvalue weighted by molar-refractivity contribution is -0.153. The van der Waals surface area contributed by atoms with Crippen LogP contribution < -0.4 is 9.47 Å². The number of esters is 1. The number of nitrogens with zero attached hydrogens (tertiary/aromatic N) is 1. The second-order valence-corrected chi connectivity index (χ2v) is 6.76. The molecule has 1 aliphatic carbocycles. The Kier molecular flexibility index (Phi) is 8.95. The summed E-state index contributed by atoms with van der Waals surface area (Å²) < 4.78 is 15.8. The Morgan fingerprint density at radius 2 is 1.74 bits per heavy atom. The lowest BCUT2D eigenvalue weighted by Crippen LogP contribution is -2.43. The van der Waals surface area contributed by atoms with Gasteiger partial charge in [0.15, 0.2) is 6.61 Å². The average molecular weight is 377 g/mol. The number of likely N-dealkylation sites (N-methyl/N-ethyl adjacent to an activating group) is 1. The molecule has 0 bridgehead atoms. The molecule has 0 aliphatic heterocycles. The van der Waals surface area contributed by atoms with Crippen molar-refractivity contribution >= 4 is 11.9 Å². The fraction of sp³-hybridized carbons (Fsp3) is 0.619. The van der Waals surface area contributed by atoms with Crippen LogP contribution in [0.1, 0.15) is 51.9 Å². The van der Waals surface area contributed by atoms with Crippen LogP contribution >= 0.6 is 0 Å². The van der Waals surface area contributed by atoms with Gasteiger partial charge in [-0.25, -0.2) is 0 Å². The lowest BCUT2D eigenvalue weighted by atomic mass is 9.94. The van der Waals surface area contributed by atoms with Gasteiger partial charge in [-0.05, 0) is 50.5 Å². The number of methoxy groups -OCH3 is 1. The molecule has 0 spiro atoms. The summed E-state index contributed by atoms with van der Waals surface area (Å²) in [5, 5.41) is 0. The number of benzene rings is 1. The maximum absolute atomic E-state index is 12.4. The minimum Gasteiger partial charge on any atom is -0.497 e. The van der Waals surface area contributed by atoms with Gasteiger partial charge in [-0.15, -0.1) is 0 Å². The number of hydrogen-bond donors (Lipinski definition) is 0. The largest absolute Gasteiger partial charge is 0.497 e. The van der Waals surface area contributed by atoms with Crippen LogP contribution in [0.2, 0.25) is 0 Å². The van der Waals surface area contributed by atoms with Gasteiger partial charge in [0.25, 0.3) is 5.91 Å². The van der Waals surface area contributed by atoms with Gasteiger partial charge in [-0.2, -0.15) is 0 Å². The SMILES string of the molecule is CCN(C(=O)COC(=O)CCCOc1ccc(OC)cc1)C1CCCCC1. The molecule has 1 aromatic carbocycles. The van der Waals surface area contributed by atoms with Crippen molar-refractivity contribution in [1.29, 1.82) is 0 Å². The molecule has 0 aromatic heterocycles. The molecule has 0 atom stereocenters. The number of hydrogen-bond acceptors (Lipinski definition) is 5. The zero-order chi connectivity index (χ0) is 19.5. The highest BCUT2D eigenvalue weighted by molar-refractivity contribution is 5.80. The van der Waals surface area contributed by atoms with Crippen molar-refractivity contribution < 1.29 is 23.8 Å². The van der Waals surface area contributed by atoms with Crippen LogP contribution in [0.4, 0.5) is 0 Å². The van der Waals surface area contributed by atoms with E-state index in [0.717, 1.165) is 24.3 Å². The van der Waals surface area contributed by atoms with Crippen molar-refractivity contribution in [3.8, 4) is 11.5 Å². The molecular formula is C21H31NO5. The molecule has 1 aliphatic rings. The molecule has 6 heteroatoms. The molecule has 0 N–H and O–H groups in total. The van der Waals surface area contributed by atoms with Crippen LogP contribution in [0.5, 0.6) is 11.5 Å². The third kappa shape index (κ3) is 7.12. The maximum atomic E-state index is 12.4. The molecule has 27 heavy (non-hydrogen) atoms. The first-order valence-corrected chi connectivity index (χ1v) is 9.86. The van der Waals surface area contributed by atoms with Crippen molar-refractivity contribution in [2.75, 3.05) is 26.9 Å². The summed E-state index contributed by atoms with van der Waals surface area (Å²) in [6, 6.07) is 7.58. The summed E-state index contributed by atoms with van der Waals surface area (Å²) in [6.45, 7) is 2.89. The highest BCUT2D eigenvalue weighted by Crippen LogP contribution is 2.22. The Hall–Kier alpha value is -2.24. The quantitative estimate of drug-likeness (QED) is 0.461. The molecule has 1 fully saturated rings. The van der Waals surface area contributed by atoms with Crippen molar-refractivity contribution in [3.63, 3.8) is 0 Å². The minimum absolute atomic E-state index is 0.0905. The molecule has 1 amide bonds. The van der Waals surface area contributed by atoms with Crippen molar-refractivity contribution in [1.82, 2.24) is 4.90 Å². The van der Waals surface area contributed by atoms with E-state index < -0.39 is 0 Å². The predicted molar refractivity (Wildman–Crippen MR) is 103 cm³/mol. The summed E-state index contributed by atoms with van der Waals surface area (Å²) in [5.41, 5.74) is 0. The van der Waals surface area contributed by atoms with Gasteiger partial charge in [0.1, 0.15) is 11.5 Å². The highest BCUT2D eigenvalue weighted by atomic mass is 16.5. The minimum atomic E-state index is -0.360. The third-order valence-electron chi connectivity index (χ3n) is 4.89. The van der Waals surface area contributed by atoms with Gasteiger partial charge < -0.3 is 19.1 Å². The summed E-state index contributed by atoms with van der Waals surface area (Å²) in [6.07, 6.45) is 6.46. The van der Waals surface area contributed by atoms with E-state index >= 15 is 0 Å². The Balaban J connectivity index is 1.62. The fourth-order valence-corrected chi connectivity index (χ4v) is 3.41. The Labute approximate surface area is 161 Å². The van der Waals surface area contributed by atoms with E-state index in [-0.39, 0.29) is 24.9 Å². The van der Waals surface area contributed by atoms with Crippen molar-refractivity contribution in [3.05, 3.63) is 24.3 Å². The van der Waals surface area contributed by atoms with E-state index in [1.807, 2.05) is 36.1 Å². The molecule has 6 nitrogen and oxygen atoms in total. The van der Waals surface area contributed by atoms with Crippen LogP contribution in [0, 0.1) is 0 Å². The Morgan fingerprint density at radius 3 is 2.37 bits per heavy atom. The summed E-state index contributed by atoms with van der Waals surface area (Å²) in [5.74, 6) is 1.05. The molecular weight excluding hydrogens is 346 g/mol. The van der Waals surface area contributed by atoms with E-state index in [4.69, 9.17) is 14.2 Å². The van der Waals surface area contributed by atoms with Crippen LogP contribution in [-0.2, 0) is 14.3 Å². The lowest BCUT2D eigenvalue weighted by Gasteiger charge is -2.33. The van der Waals surface area contributed by atoms with Crippen LogP contribution in [0.25, 0.3) is 0 Å². The predicted octanol–water partition coefficient (Wildman–Crippen LogP) is 3.58. The zero-order valence-electron chi connectivity index (χ0n) is 16.4. The van der Waals surface area contributed by atoms with Crippen LogP contribution in [0.3, 0.4) is 0 Å². The number of ether oxygens (including phenoxy) is 3. The summed E-state index contributed by atoms with van der Waals surface area (Å²) in [4.78, 5) is 26.1. The topological polar surface area (TPSA) is 65.1 Å². The normalized spacial score (nSPS) is 14.4. The highest BCUT2D eigenvalue weighted by Gasteiger charge is 2.24. The Bertz CT molecular complexity index is 581. The summed E-state index contributed by atoms with van der Waals surface area (Å²) >= 11 is 0. The monoisotopic (exact) mass is 377 g/mol. The zero-order valence-corrected chi connectivity index (χ0v) is 16.4. The summed E-state index contributed by atoms with van der Waals surface area (Å²) in [7, 11) is 1.61. The maximum Gasteiger partial charge on any atom is 0.306 e. The average Bonchev–Trinajstić information content (AvgIpc) is 2.71.